The molecule has 0 radical (unpaired) electrons. The molecule has 164 valence electrons. The Labute approximate surface area is 189 Å². The highest BCUT2D eigenvalue weighted by Crippen LogP contribution is 2.37. The van der Waals surface area contributed by atoms with Crippen molar-refractivity contribution < 1.29 is 9.47 Å². The zero-order valence-corrected chi connectivity index (χ0v) is 18.0. The van der Waals surface area contributed by atoms with Crippen molar-refractivity contribution in [1.82, 2.24) is 9.97 Å². The minimum Gasteiger partial charge on any atom is -0.492 e. The van der Waals surface area contributed by atoms with Crippen LogP contribution in [-0.4, -0.2) is 23.2 Å². The number of hydrogen-bond donors (Lipinski definition) is 3. The zero-order valence-electron chi connectivity index (χ0n) is 18.0. The lowest BCUT2D eigenvalue weighted by Crippen LogP contribution is -2.09. The van der Waals surface area contributed by atoms with Crippen LogP contribution in [0, 0.1) is 22.7 Å². The van der Waals surface area contributed by atoms with Crippen LogP contribution in [0.4, 0.5) is 17.1 Å². The number of nitrogens with one attached hydrogen (secondary N) is 2. The first kappa shape index (κ1) is 21.5. The average molecular weight is 440 g/mol. The van der Waals surface area contributed by atoms with Crippen molar-refractivity contribution in [3.63, 3.8) is 0 Å². The molecule has 0 spiro atoms. The summed E-state index contributed by atoms with van der Waals surface area (Å²) in [6.07, 6.45) is 2.83. The number of rotatable bonds is 6. The van der Waals surface area contributed by atoms with Gasteiger partial charge in [-0.15, -0.1) is 0 Å². The molecule has 0 aliphatic heterocycles. The molecule has 0 fully saturated rings. The molecular weight excluding hydrogens is 420 g/mol. The van der Waals surface area contributed by atoms with Gasteiger partial charge in [-0.25, -0.2) is 0 Å². The number of nitrogens with two attached hydrogens (primary N) is 1. The van der Waals surface area contributed by atoms with Crippen LogP contribution in [0.5, 0.6) is 11.5 Å². The first-order valence-electron chi connectivity index (χ1n) is 10.2. The monoisotopic (exact) mass is 440 g/mol. The molecule has 0 amide bonds. The lowest BCUT2D eigenvalue weighted by molar-refractivity contribution is 0.342. The van der Waals surface area contributed by atoms with Gasteiger partial charge in [0.2, 0.25) is 5.43 Å². The van der Waals surface area contributed by atoms with Crippen molar-refractivity contribution in [3.05, 3.63) is 58.0 Å². The Bertz CT molecular complexity index is 1530. The third-order valence-electron chi connectivity index (χ3n) is 5.08. The maximum atomic E-state index is 12.7. The van der Waals surface area contributed by atoms with E-state index >= 15 is 0 Å². The molecular formula is C24H20N6O3. The molecule has 9 heteroatoms. The van der Waals surface area contributed by atoms with Gasteiger partial charge in [0.25, 0.3) is 0 Å². The quantitative estimate of drug-likeness (QED) is 0.382. The van der Waals surface area contributed by atoms with Crippen LogP contribution in [-0.2, 0) is 0 Å². The van der Waals surface area contributed by atoms with Gasteiger partial charge in [0.1, 0.15) is 29.2 Å². The first-order chi connectivity index (χ1) is 16.0. The second kappa shape index (κ2) is 8.77. The predicted molar refractivity (Wildman–Crippen MR) is 126 cm³/mol. The van der Waals surface area contributed by atoms with Crippen molar-refractivity contribution in [2.45, 2.75) is 13.8 Å². The fourth-order valence-electron chi connectivity index (χ4n) is 3.57. The average Bonchev–Trinajstić information content (AvgIpc) is 2.81. The summed E-state index contributed by atoms with van der Waals surface area (Å²) in [7, 11) is 0. The Kier molecular flexibility index (Phi) is 5.71. The van der Waals surface area contributed by atoms with Gasteiger partial charge in [-0.1, -0.05) is 0 Å². The van der Waals surface area contributed by atoms with E-state index in [1.165, 1.54) is 12.4 Å². The smallest absolute Gasteiger partial charge is 0.207 e. The van der Waals surface area contributed by atoms with Crippen molar-refractivity contribution in [2.24, 2.45) is 0 Å². The molecule has 0 aliphatic carbocycles. The summed E-state index contributed by atoms with van der Waals surface area (Å²) in [5, 5.41) is 23.1. The molecule has 0 unspecified atom stereocenters. The molecule has 2 aromatic heterocycles. The molecule has 2 heterocycles. The van der Waals surface area contributed by atoms with Gasteiger partial charge in [0.05, 0.1) is 46.9 Å². The van der Waals surface area contributed by atoms with Gasteiger partial charge in [-0.3, -0.25) is 9.78 Å². The molecule has 0 saturated carbocycles. The number of nitrogen functional groups attached to an aromatic ring is 1. The lowest BCUT2D eigenvalue weighted by Gasteiger charge is -2.17. The van der Waals surface area contributed by atoms with E-state index in [-0.39, 0.29) is 11.1 Å². The van der Waals surface area contributed by atoms with Gasteiger partial charge in [-0.05, 0) is 26.0 Å². The Balaban J connectivity index is 1.95. The van der Waals surface area contributed by atoms with Gasteiger partial charge < -0.3 is 25.5 Å². The minimum absolute atomic E-state index is 0.000844. The molecule has 4 rings (SSSR count). The molecule has 0 bridgehead atoms. The highest BCUT2D eigenvalue weighted by molar-refractivity contribution is 6.00. The molecule has 0 aliphatic rings. The van der Waals surface area contributed by atoms with Crippen molar-refractivity contribution >= 4 is 38.9 Å². The number of anilines is 3. The topological polar surface area (TPSA) is 150 Å². The van der Waals surface area contributed by atoms with E-state index < -0.39 is 5.43 Å². The van der Waals surface area contributed by atoms with Gasteiger partial charge in [0, 0.05) is 35.3 Å². The van der Waals surface area contributed by atoms with Gasteiger partial charge in [0.15, 0.2) is 0 Å². The molecule has 4 N–H and O–H groups in total. The van der Waals surface area contributed by atoms with E-state index in [1.807, 2.05) is 19.9 Å². The third kappa shape index (κ3) is 3.84. The normalized spacial score (nSPS) is 10.5. The van der Waals surface area contributed by atoms with E-state index in [0.29, 0.717) is 63.6 Å². The number of hydrogen-bond acceptors (Lipinski definition) is 8. The summed E-state index contributed by atoms with van der Waals surface area (Å²) in [5.41, 5.74) is 8.49. The van der Waals surface area contributed by atoms with E-state index in [4.69, 9.17) is 15.2 Å². The van der Waals surface area contributed by atoms with Crippen LogP contribution in [0.2, 0.25) is 0 Å². The summed E-state index contributed by atoms with van der Waals surface area (Å²) in [6.45, 7) is 4.53. The second-order valence-electron chi connectivity index (χ2n) is 7.09. The molecule has 9 nitrogen and oxygen atoms in total. The van der Waals surface area contributed by atoms with Crippen molar-refractivity contribution in [3.8, 4) is 23.6 Å². The molecule has 0 saturated heterocycles. The summed E-state index contributed by atoms with van der Waals surface area (Å²) >= 11 is 0. The summed E-state index contributed by atoms with van der Waals surface area (Å²) < 4.78 is 11.3. The number of nitriles is 2. The van der Waals surface area contributed by atoms with E-state index in [9.17, 15) is 15.3 Å². The van der Waals surface area contributed by atoms with E-state index in [2.05, 4.69) is 21.4 Å². The van der Waals surface area contributed by atoms with Crippen LogP contribution >= 0.6 is 0 Å². The first-order valence-corrected chi connectivity index (χ1v) is 10.2. The van der Waals surface area contributed by atoms with Crippen LogP contribution < -0.4 is 26.0 Å². The maximum absolute atomic E-state index is 12.7. The highest BCUT2D eigenvalue weighted by Gasteiger charge is 2.16. The Morgan fingerprint density at radius 3 is 2.45 bits per heavy atom. The number of ether oxygens (including phenoxy) is 2. The van der Waals surface area contributed by atoms with E-state index in [0.717, 1.165) is 0 Å². The summed E-state index contributed by atoms with van der Waals surface area (Å²) in [4.78, 5) is 20.0. The maximum Gasteiger partial charge on any atom is 0.207 e. The van der Waals surface area contributed by atoms with Crippen LogP contribution in [0.1, 0.15) is 25.0 Å². The molecule has 2 aromatic carbocycles. The largest absolute Gasteiger partial charge is 0.492 e. The Morgan fingerprint density at radius 1 is 1.03 bits per heavy atom. The number of H-pyrrole nitrogens is 1. The Hall–Kier alpha value is -4.76. The number of fused-ring (bicyclic) bond motifs is 2. The fourth-order valence-corrected chi connectivity index (χ4v) is 3.57. The number of aromatic amines is 1. The molecule has 0 atom stereocenters. The third-order valence-corrected chi connectivity index (χ3v) is 5.08. The SMILES string of the molecule is CCOc1cc2ncc(C#N)c(Nc3cc4c(=O)c(C#N)c[nH]c4cc3OCC)c2cc1N. The summed E-state index contributed by atoms with van der Waals surface area (Å²) in [6, 6.07) is 10.7. The van der Waals surface area contributed by atoms with E-state index in [1.54, 1.807) is 24.3 Å². The summed E-state index contributed by atoms with van der Waals surface area (Å²) in [5.74, 6) is 0.975. The zero-order chi connectivity index (χ0) is 23.5. The minimum atomic E-state index is -0.400. The van der Waals surface area contributed by atoms with Gasteiger partial charge >= 0.3 is 0 Å². The fraction of sp³-hybridized carbons (Fsp3) is 0.167. The second-order valence-corrected chi connectivity index (χ2v) is 7.09. The number of nitrogens with zero attached hydrogens (tertiary/aromatic N) is 3. The highest BCUT2D eigenvalue weighted by atomic mass is 16.5. The molecule has 33 heavy (non-hydrogen) atoms. The lowest BCUT2D eigenvalue weighted by atomic mass is 10.1. The van der Waals surface area contributed by atoms with Gasteiger partial charge in [-0.2, -0.15) is 10.5 Å². The van der Waals surface area contributed by atoms with Crippen LogP contribution in [0.15, 0.2) is 41.5 Å². The molecule has 4 aromatic rings. The van der Waals surface area contributed by atoms with Crippen LogP contribution in [0.25, 0.3) is 21.8 Å². The number of pyridine rings is 2. The van der Waals surface area contributed by atoms with Crippen molar-refractivity contribution in [2.75, 3.05) is 24.3 Å². The Morgan fingerprint density at radius 2 is 1.76 bits per heavy atom. The number of benzene rings is 2. The van der Waals surface area contributed by atoms with Crippen molar-refractivity contribution in [1.29, 1.82) is 10.5 Å². The van der Waals surface area contributed by atoms with Crippen LogP contribution in [0.3, 0.4) is 0 Å². The number of aromatic nitrogens is 2. The predicted octanol–water partition coefficient (Wildman–Crippen LogP) is 3.94. The standard InChI is InChI=1S/C24H20N6O3/c1-3-32-21-7-18-15(5-17(21)27)23(13(9-25)11-28-18)30-20-6-16-19(8-22(20)33-4-2)29-12-14(10-26)24(16)31/h5-8,11-12H,3-4,27H2,1-2H3,(H,28,30)(H,29,31).